The molecule has 1 aromatic carbocycles. The van der Waals surface area contributed by atoms with Gasteiger partial charge in [0.2, 0.25) is 5.91 Å². The van der Waals surface area contributed by atoms with Gasteiger partial charge in [0, 0.05) is 25.9 Å². The summed E-state index contributed by atoms with van der Waals surface area (Å²) in [7, 11) is 0. The van der Waals surface area contributed by atoms with Gasteiger partial charge in [0.1, 0.15) is 19.0 Å². The maximum absolute atomic E-state index is 12.6. The van der Waals surface area contributed by atoms with Gasteiger partial charge >= 0.3 is 0 Å². The highest BCUT2D eigenvalue weighted by atomic mass is 16.6. The fourth-order valence-electron chi connectivity index (χ4n) is 4.34. The molecular formula is C24H30N6O3. The van der Waals surface area contributed by atoms with Crippen molar-refractivity contribution in [3.8, 4) is 11.5 Å². The molecule has 5 rings (SSSR count). The quantitative estimate of drug-likeness (QED) is 0.617. The molecule has 0 saturated carbocycles. The lowest BCUT2D eigenvalue weighted by molar-refractivity contribution is -0.121. The second kappa shape index (κ2) is 9.25. The van der Waals surface area contributed by atoms with Crippen LogP contribution in [0.25, 0.3) is 5.65 Å². The highest BCUT2D eigenvalue weighted by molar-refractivity contribution is 5.76. The zero-order valence-corrected chi connectivity index (χ0v) is 19.2. The van der Waals surface area contributed by atoms with E-state index >= 15 is 0 Å². The Balaban J connectivity index is 1.21. The molecule has 9 heteroatoms. The number of aryl methyl sites for hydroxylation is 1. The normalized spacial score (nSPS) is 17.2. The zero-order chi connectivity index (χ0) is 22.8. The predicted molar refractivity (Wildman–Crippen MR) is 124 cm³/mol. The molecule has 0 unspecified atom stereocenters. The number of anilines is 1. The standard InChI is InChI=1S/C24H30N6O3/c1-16-9-11-29(12-10-16)23-6-5-21-26-27-22(30(21)28-23)7-8-24(31)25-17(2)18-3-4-19-20(15-18)33-14-13-32-19/h3-6,15-17H,7-14H2,1-2H3,(H,25,31)/t17-/m0/s1. The van der Waals surface area contributed by atoms with Crippen LogP contribution in [0.3, 0.4) is 0 Å². The number of nitrogens with zero attached hydrogens (tertiary/aromatic N) is 5. The summed E-state index contributed by atoms with van der Waals surface area (Å²) in [6, 6.07) is 9.58. The van der Waals surface area contributed by atoms with E-state index in [4.69, 9.17) is 14.6 Å². The molecule has 1 saturated heterocycles. The Morgan fingerprint density at radius 3 is 2.73 bits per heavy atom. The van der Waals surface area contributed by atoms with Gasteiger partial charge in [0.05, 0.1) is 6.04 Å². The van der Waals surface area contributed by atoms with Gasteiger partial charge in [0.15, 0.2) is 23.0 Å². The number of rotatable bonds is 6. The predicted octanol–water partition coefficient (Wildman–Crippen LogP) is 2.94. The van der Waals surface area contributed by atoms with Crippen LogP contribution in [0.5, 0.6) is 11.5 Å². The van der Waals surface area contributed by atoms with E-state index in [2.05, 4.69) is 27.3 Å². The molecular weight excluding hydrogens is 420 g/mol. The molecule has 0 aliphatic carbocycles. The summed E-state index contributed by atoms with van der Waals surface area (Å²) in [6.45, 7) is 7.38. The summed E-state index contributed by atoms with van der Waals surface area (Å²) in [4.78, 5) is 14.9. The lowest BCUT2D eigenvalue weighted by Crippen LogP contribution is -2.33. The van der Waals surface area contributed by atoms with Gasteiger partial charge < -0.3 is 19.7 Å². The number of benzene rings is 1. The molecule has 2 aliphatic rings. The minimum Gasteiger partial charge on any atom is -0.486 e. The summed E-state index contributed by atoms with van der Waals surface area (Å²) in [5.74, 6) is 3.81. The number of hydrogen-bond acceptors (Lipinski definition) is 7. The maximum atomic E-state index is 12.6. The minimum absolute atomic E-state index is 0.0460. The third kappa shape index (κ3) is 4.72. The van der Waals surface area contributed by atoms with E-state index < -0.39 is 0 Å². The van der Waals surface area contributed by atoms with Crippen LogP contribution in [0, 0.1) is 5.92 Å². The molecule has 3 aromatic rings. The van der Waals surface area contributed by atoms with Crippen LogP contribution >= 0.6 is 0 Å². The van der Waals surface area contributed by atoms with Crippen LogP contribution in [0.2, 0.25) is 0 Å². The molecule has 1 atom stereocenters. The third-order valence-corrected chi connectivity index (χ3v) is 6.44. The minimum atomic E-state index is -0.144. The summed E-state index contributed by atoms with van der Waals surface area (Å²) in [6.07, 6.45) is 3.13. The average Bonchev–Trinajstić information content (AvgIpc) is 3.25. The number of nitrogens with one attached hydrogen (secondary N) is 1. The number of amides is 1. The molecule has 174 valence electrons. The first-order valence-electron chi connectivity index (χ1n) is 11.7. The molecule has 2 aliphatic heterocycles. The van der Waals surface area contributed by atoms with E-state index in [1.165, 1.54) is 12.8 Å². The Kier molecular flexibility index (Phi) is 6.02. The Morgan fingerprint density at radius 1 is 1.12 bits per heavy atom. The van der Waals surface area contributed by atoms with Crippen LogP contribution in [0.1, 0.15) is 50.5 Å². The second-order valence-corrected chi connectivity index (χ2v) is 8.94. The van der Waals surface area contributed by atoms with Gasteiger partial charge in [-0.1, -0.05) is 13.0 Å². The molecule has 0 bridgehead atoms. The van der Waals surface area contributed by atoms with Crippen LogP contribution in [0.15, 0.2) is 30.3 Å². The highest BCUT2D eigenvalue weighted by Gasteiger charge is 2.19. The Labute approximate surface area is 193 Å². The first-order chi connectivity index (χ1) is 16.1. The van der Waals surface area contributed by atoms with Crippen LogP contribution in [0.4, 0.5) is 5.82 Å². The summed E-state index contributed by atoms with van der Waals surface area (Å²) in [5.41, 5.74) is 1.67. The van der Waals surface area contributed by atoms with Crippen molar-refractivity contribution >= 4 is 17.4 Å². The van der Waals surface area contributed by atoms with Gasteiger partial charge in [0.25, 0.3) is 0 Å². The van der Waals surface area contributed by atoms with Crippen LogP contribution in [-0.4, -0.2) is 52.0 Å². The maximum Gasteiger partial charge on any atom is 0.220 e. The number of fused-ring (bicyclic) bond motifs is 2. The lowest BCUT2D eigenvalue weighted by Gasteiger charge is -2.30. The highest BCUT2D eigenvalue weighted by Crippen LogP contribution is 2.32. The Morgan fingerprint density at radius 2 is 1.91 bits per heavy atom. The molecule has 9 nitrogen and oxygen atoms in total. The number of carbonyl (C=O) groups excluding carboxylic acids is 1. The summed E-state index contributed by atoms with van der Waals surface area (Å²) < 4.78 is 13.0. The van der Waals surface area contributed by atoms with E-state index in [1.807, 2.05) is 37.3 Å². The van der Waals surface area contributed by atoms with Crippen molar-refractivity contribution in [3.05, 3.63) is 41.7 Å². The molecule has 2 aromatic heterocycles. The monoisotopic (exact) mass is 450 g/mol. The SMILES string of the molecule is CC1CCN(c2ccc3nnc(CCC(=O)N[C@@H](C)c4ccc5c(c4)OCCO5)n3n2)CC1. The van der Waals surface area contributed by atoms with Gasteiger partial charge in [-0.3, -0.25) is 4.79 Å². The van der Waals surface area contributed by atoms with Gasteiger partial charge in [-0.2, -0.15) is 4.52 Å². The van der Waals surface area contributed by atoms with E-state index in [-0.39, 0.29) is 11.9 Å². The smallest absolute Gasteiger partial charge is 0.220 e. The number of ether oxygens (including phenoxy) is 2. The van der Waals surface area contributed by atoms with E-state index in [9.17, 15) is 4.79 Å². The van der Waals surface area contributed by atoms with Crippen LogP contribution < -0.4 is 19.7 Å². The van der Waals surface area contributed by atoms with Crippen LogP contribution in [-0.2, 0) is 11.2 Å². The third-order valence-electron chi connectivity index (χ3n) is 6.44. The number of aromatic nitrogens is 4. The van der Waals surface area contributed by atoms with Crippen molar-refractivity contribution in [2.75, 3.05) is 31.2 Å². The number of piperidine rings is 1. The van der Waals surface area contributed by atoms with Crippen molar-refractivity contribution in [2.45, 2.75) is 45.6 Å². The van der Waals surface area contributed by atoms with E-state index in [1.54, 1.807) is 4.52 Å². The van der Waals surface area contributed by atoms with Gasteiger partial charge in [-0.25, -0.2) is 0 Å². The van der Waals surface area contributed by atoms with Crippen molar-refractivity contribution in [1.29, 1.82) is 0 Å². The van der Waals surface area contributed by atoms with Crippen molar-refractivity contribution in [2.24, 2.45) is 5.92 Å². The van der Waals surface area contributed by atoms with Gasteiger partial charge in [-0.15, -0.1) is 15.3 Å². The number of carbonyl (C=O) groups is 1. The average molecular weight is 451 g/mol. The van der Waals surface area contributed by atoms with E-state index in [0.717, 1.165) is 41.9 Å². The topological polar surface area (TPSA) is 93.9 Å². The summed E-state index contributed by atoms with van der Waals surface area (Å²) >= 11 is 0. The van der Waals surface area contributed by atoms with Crippen molar-refractivity contribution < 1.29 is 14.3 Å². The molecule has 33 heavy (non-hydrogen) atoms. The fourth-order valence-corrected chi connectivity index (χ4v) is 4.34. The zero-order valence-electron chi connectivity index (χ0n) is 19.2. The number of hydrogen-bond donors (Lipinski definition) is 1. The molecule has 1 amide bonds. The lowest BCUT2D eigenvalue weighted by atomic mass is 9.99. The first-order valence-corrected chi connectivity index (χ1v) is 11.7. The molecule has 4 heterocycles. The first kappa shape index (κ1) is 21.5. The van der Waals surface area contributed by atoms with Gasteiger partial charge in [-0.05, 0) is 55.5 Å². The molecule has 0 radical (unpaired) electrons. The van der Waals surface area contributed by atoms with E-state index in [0.29, 0.717) is 37.5 Å². The summed E-state index contributed by atoms with van der Waals surface area (Å²) in [5, 5.41) is 16.3. The second-order valence-electron chi connectivity index (χ2n) is 8.94. The molecule has 0 spiro atoms. The molecule has 1 N–H and O–H groups in total. The largest absolute Gasteiger partial charge is 0.486 e. The van der Waals surface area contributed by atoms with Crippen molar-refractivity contribution in [3.63, 3.8) is 0 Å². The fraction of sp³-hybridized carbons (Fsp3) is 0.500. The Bertz CT molecular complexity index is 1140. The molecule has 1 fully saturated rings. The van der Waals surface area contributed by atoms with Crippen molar-refractivity contribution in [1.82, 2.24) is 25.1 Å². The Hall–Kier alpha value is -3.36.